The Labute approximate surface area is 134 Å². The van der Waals surface area contributed by atoms with Crippen molar-refractivity contribution < 1.29 is 19.5 Å². The van der Waals surface area contributed by atoms with Crippen molar-refractivity contribution in [2.24, 2.45) is 0 Å². The van der Waals surface area contributed by atoms with Crippen LogP contribution in [-0.4, -0.2) is 47.0 Å². The van der Waals surface area contributed by atoms with Gasteiger partial charge in [-0.25, -0.2) is 9.59 Å². The van der Waals surface area contributed by atoms with Gasteiger partial charge in [0.2, 0.25) is 5.91 Å². The van der Waals surface area contributed by atoms with Gasteiger partial charge in [-0.15, -0.1) is 0 Å². The molecule has 0 radical (unpaired) electrons. The van der Waals surface area contributed by atoms with Crippen LogP contribution in [0, 0.1) is 3.57 Å². The average molecular weight is 403 g/mol. The first-order chi connectivity index (χ1) is 9.90. The summed E-state index contributed by atoms with van der Waals surface area (Å²) in [6.45, 7) is 2.39. The normalized spacial score (nSPS) is 18.1. The van der Waals surface area contributed by atoms with Gasteiger partial charge in [0.05, 0.1) is 11.3 Å². The Hall–Kier alpha value is -1.84. The predicted molar refractivity (Wildman–Crippen MR) is 84.3 cm³/mol. The summed E-state index contributed by atoms with van der Waals surface area (Å²) >= 11 is 2.00. The number of rotatable bonds is 2. The molecular weight excluding hydrogens is 389 g/mol. The summed E-state index contributed by atoms with van der Waals surface area (Å²) < 4.78 is 0.758. The molecule has 21 heavy (non-hydrogen) atoms. The zero-order valence-electron chi connectivity index (χ0n) is 11.2. The minimum absolute atomic E-state index is 0.0179. The minimum atomic E-state index is -1.12. The van der Waals surface area contributed by atoms with Gasteiger partial charge >= 0.3 is 12.0 Å². The molecule has 0 spiro atoms. The van der Waals surface area contributed by atoms with Crippen LogP contribution in [0.2, 0.25) is 0 Å². The van der Waals surface area contributed by atoms with Gasteiger partial charge in [-0.1, -0.05) is 0 Å². The lowest BCUT2D eigenvalue weighted by molar-refractivity contribution is -0.126. The Bertz CT molecular complexity index is 605. The monoisotopic (exact) mass is 403 g/mol. The molecule has 1 aliphatic rings. The number of amides is 3. The fraction of sp³-hybridized carbons (Fsp3) is 0.308. The van der Waals surface area contributed by atoms with E-state index in [2.05, 4.69) is 10.6 Å². The lowest BCUT2D eigenvalue weighted by Crippen LogP contribution is -2.56. The van der Waals surface area contributed by atoms with Crippen molar-refractivity contribution in [1.29, 1.82) is 0 Å². The number of carboxylic acid groups (broad SMARTS) is 1. The fourth-order valence-electron chi connectivity index (χ4n) is 2.05. The van der Waals surface area contributed by atoms with Crippen LogP contribution >= 0.6 is 22.6 Å². The first-order valence-corrected chi connectivity index (χ1v) is 7.36. The summed E-state index contributed by atoms with van der Waals surface area (Å²) in [4.78, 5) is 36.4. The van der Waals surface area contributed by atoms with Crippen molar-refractivity contribution in [3.63, 3.8) is 0 Å². The standard InChI is InChI=1S/C13H14IN3O4/c1-7-11(18)15-4-5-17(7)13(21)16-10-3-2-8(14)6-9(10)12(19)20/h2-3,6-7H,4-5H2,1H3,(H,15,18)(H,16,21)(H,19,20). The van der Waals surface area contributed by atoms with Crippen molar-refractivity contribution in [1.82, 2.24) is 10.2 Å². The number of nitrogens with one attached hydrogen (secondary N) is 2. The van der Waals surface area contributed by atoms with Gasteiger partial charge < -0.3 is 20.6 Å². The Morgan fingerprint density at radius 3 is 2.86 bits per heavy atom. The second kappa shape index (κ2) is 6.29. The number of hydrogen-bond acceptors (Lipinski definition) is 3. The Balaban J connectivity index is 2.20. The van der Waals surface area contributed by atoms with Crippen molar-refractivity contribution in [3.05, 3.63) is 27.3 Å². The van der Waals surface area contributed by atoms with Crippen molar-refractivity contribution in [3.8, 4) is 0 Å². The molecule has 0 aliphatic carbocycles. The van der Waals surface area contributed by atoms with Crippen LogP contribution in [0.4, 0.5) is 10.5 Å². The summed E-state index contributed by atoms with van der Waals surface area (Å²) in [5.41, 5.74) is 0.232. The lowest BCUT2D eigenvalue weighted by Gasteiger charge is -2.32. The third kappa shape index (κ3) is 3.43. The summed E-state index contributed by atoms with van der Waals surface area (Å²) in [5, 5.41) is 14.4. The summed E-state index contributed by atoms with van der Waals surface area (Å²) in [6.07, 6.45) is 0. The molecule has 1 aliphatic heterocycles. The van der Waals surface area contributed by atoms with Crippen molar-refractivity contribution >= 4 is 46.2 Å². The number of benzene rings is 1. The van der Waals surface area contributed by atoms with Crippen LogP contribution in [0.5, 0.6) is 0 Å². The highest BCUT2D eigenvalue weighted by Gasteiger charge is 2.29. The van der Waals surface area contributed by atoms with E-state index in [0.717, 1.165) is 3.57 Å². The zero-order valence-corrected chi connectivity index (χ0v) is 13.4. The van der Waals surface area contributed by atoms with E-state index in [1.165, 1.54) is 17.0 Å². The zero-order chi connectivity index (χ0) is 15.6. The van der Waals surface area contributed by atoms with Gasteiger partial charge in [-0.2, -0.15) is 0 Å². The van der Waals surface area contributed by atoms with Gasteiger partial charge in [0.25, 0.3) is 0 Å². The summed E-state index contributed by atoms with van der Waals surface area (Å²) in [7, 11) is 0. The topological polar surface area (TPSA) is 98.7 Å². The SMILES string of the molecule is CC1C(=O)NCCN1C(=O)Nc1ccc(I)cc1C(=O)O. The molecule has 2 rings (SSSR count). The molecule has 1 aromatic rings. The third-order valence-electron chi connectivity index (χ3n) is 3.21. The van der Waals surface area contributed by atoms with Gasteiger partial charge in [0.15, 0.2) is 0 Å². The van der Waals surface area contributed by atoms with Crippen LogP contribution in [0.25, 0.3) is 0 Å². The Morgan fingerprint density at radius 1 is 1.48 bits per heavy atom. The average Bonchev–Trinajstić information content (AvgIpc) is 2.43. The van der Waals surface area contributed by atoms with E-state index in [1.54, 1.807) is 13.0 Å². The molecule has 0 aromatic heterocycles. The van der Waals surface area contributed by atoms with Gasteiger partial charge in [-0.3, -0.25) is 4.79 Å². The number of aromatic carboxylic acids is 1. The van der Waals surface area contributed by atoms with E-state index in [4.69, 9.17) is 0 Å². The molecule has 7 nitrogen and oxygen atoms in total. The van der Waals surface area contributed by atoms with E-state index < -0.39 is 18.0 Å². The number of urea groups is 1. The van der Waals surface area contributed by atoms with Crippen molar-refractivity contribution in [2.75, 3.05) is 18.4 Å². The Morgan fingerprint density at radius 2 is 2.19 bits per heavy atom. The quantitative estimate of drug-likeness (QED) is 0.650. The molecule has 8 heteroatoms. The number of carboxylic acids is 1. The highest BCUT2D eigenvalue weighted by atomic mass is 127. The maximum absolute atomic E-state index is 12.2. The number of anilines is 1. The fourth-order valence-corrected chi connectivity index (χ4v) is 2.54. The smallest absolute Gasteiger partial charge is 0.337 e. The first kappa shape index (κ1) is 15.5. The molecule has 3 amide bonds. The van der Waals surface area contributed by atoms with Crippen LogP contribution in [-0.2, 0) is 4.79 Å². The predicted octanol–water partition coefficient (Wildman–Crippen LogP) is 1.34. The number of halogens is 1. The van der Waals surface area contributed by atoms with Gasteiger partial charge in [-0.05, 0) is 47.7 Å². The van der Waals surface area contributed by atoms with Crippen LogP contribution in [0.3, 0.4) is 0 Å². The largest absolute Gasteiger partial charge is 0.478 e. The van der Waals surface area contributed by atoms with E-state index in [9.17, 15) is 19.5 Å². The molecular formula is C13H14IN3O4. The molecule has 1 saturated heterocycles. The Kier molecular flexibility index (Phi) is 4.66. The number of carbonyl (C=O) groups excluding carboxylic acids is 2. The highest BCUT2D eigenvalue weighted by Crippen LogP contribution is 2.20. The molecule has 0 bridgehead atoms. The number of carbonyl (C=O) groups is 3. The van der Waals surface area contributed by atoms with E-state index >= 15 is 0 Å². The number of nitrogens with zero attached hydrogens (tertiary/aromatic N) is 1. The summed E-state index contributed by atoms with van der Waals surface area (Å²) in [6, 6.07) is 3.65. The molecule has 1 atom stereocenters. The molecule has 1 heterocycles. The highest BCUT2D eigenvalue weighted by molar-refractivity contribution is 14.1. The number of hydrogen-bond donors (Lipinski definition) is 3. The van der Waals surface area contributed by atoms with E-state index in [-0.39, 0.29) is 17.2 Å². The van der Waals surface area contributed by atoms with Gasteiger partial charge in [0, 0.05) is 16.7 Å². The number of piperazine rings is 1. The maximum atomic E-state index is 12.2. The first-order valence-electron chi connectivity index (χ1n) is 6.28. The molecule has 112 valence electrons. The molecule has 0 saturated carbocycles. The lowest BCUT2D eigenvalue weighted by atomic mass is 10.1. The van der Waals surface area contributed by atoms with E-state index in [1.807, 2.05) is 22.6 Å². The summed E-state index contributed by atoms with van der Waals surface area (Å²) in [5.74, 6) is -1.34. The minimum Gasteiger partial charge on any atom is -0.478 e. The maximum Gasteiger partial charge on any atom is 0.337 e. The van der Waals surface area contributed by atoms with Crippen LogP contribution < -0.4 is 10.6 Å². The molecule has 1 fully saturated rings. The molecule has 1 aromatic carbocycles. The van der Waals surface area contributed by atoms with Crippen LogP contribution in [0.1, 0.15) is 17.3 Å². The second-order valence-electron chi connectivity index (χ2n) is 4.59. The third-order valence-corrected chi connectivity index (χ3v) is 3.88. The van der Waals surface area contributed by atoms with Crippen molar-refractivity contribution in [2.45, 2.75) is 13.0 Å². The molecule has 3 N–H and O–H groups in total. The second-order valence-corrected chi connectivity index (χ2v) is 5.83. The van der Waals surface area contributed by atoms with Gasteiger partial charge in [0.1, 0.15) is 6.04 Å². The van der Waals surface area contributed by atoms with Crippen LogP contribution in [0.15, 0.2) is 18.2 Å². The van der Waals surface area contributed by atoms with E-state index in [0.29, 0.717) is 13.1 Å². The molecule has 1 unspecified atom stereocenters.